The highest BCUT2D eigenvalue weighted by Crippen LogP contribution is 2.19. The standard InChI is InChI=1S/C9H15ClN4O2S2/c1-5(2)3-6(11)8(15)14-18(12,16)9-13-7(10)4-17-9/h4-6H,3,11H2,1-2H3,(H2,12,14,15,16). The van der Waals surface area contributed by atoms with E-state index in [-0.39, 0.29) is 15.4 Å². The Morgan fingerprint density at radius 3 is 2.72 bits per heavy atom. The third kappa shape index (κ3) is 4.29. The van der Waals surface area contributed by atoms with Crippen molar-refractivity contribution in [3.63, 3.8) is 0 Å². The molecule has 1 amide bonds. The molecule has 0 saturated heterocycles. The second-order valence-corrected chi connectivity index (χ2v) is 7.38. The summed E-state index contributed by atoms with van der Waals surface area (Å²) in [6.45, 7) is 3.85. The maximum absolute atomic E-state index is 12.0. The SMILES string of the molecule is CC(C)CC(N)C(=O)N=S(N)(=O)c1nc(Cl)cs1. The molecular formula is C9H15ClN4O2S2. The number of rotatable bonds is 4. The zero-order chi connectivity index (χ0) is 13.9. The zero-order valence-electron chi connectivity index (χ0n) is 10.00. The molecule has 0 radical (unpaired) electrons. The summed E-state index contributed by atoms with van der Waals surface area (Å²) < 4.78 is 15.5. The average Bonchev–Trinajstić information content (AvgIpc) is 2.63. The van der Waals surface area contributed by atoms with Crippen molar-refractivity contribution >= 4 is 38.8 Å². The first-order valence-electron chi connectivity index (χ1n) is 5.17. The first kappa shape index (κ1) is 15.5. The normalized spacial score (nSPS) is 16.3. The van der Waals surface area contributed by atoms with Crippen LogP contribution in [0.25, 0.3) is 0 Å². The molecule has 0 aromatic carbocycles. The van der Waals surface area contributed by atoms with Crippen molar-refractivity contribution in [1.82, 2.24) is 4.98 Å². The molecule has 0 fully saturated rings. The van der Waals surface area contributed by atoms with E-state index in [1.54, 1.807) is 0 Å². The number of nitrogens with zero attached hydrogens (tertiary/aromatic N) is 2. The summed E-state index contributed by atoms with van der Waals surface area (Å²) in [5.74, 6) is -0.440. The fourth-order valence-corrected chi connectivity index (χ4v) is 3.46. The van der Waals surface area contributed by atoms with Gasteiger partial charge in [-0.05, 0) is 12.3 Å². The zero-order valence-corrected chi connectivity index (χ0v) is 12.4. The van der Waals surface area contributed by atoms with E-state index in [9.17, 15) is 9.00 Å². The van der Waals surface area contributed by atoms with Crippen LogP contribution in [0.15, 0.2) is 14.1 Å². The molecule has 4 N–H and O–H groups in total. The van der Waals surface area contributed by atoms with Gasteiger partial charge in [-0.2, -0.15) is 0 Å². The predicted octanol–water partition coefficient (Wildman–Crippen LogP) is 1.40. The highest BCUT2D eigenvalue weighted by atomic mass is 35.5. The molecule has 1 aromatic rings. The Balaban J connectivity index is 2.94. The van der Waals surface area contributed by atoms with Gasteiger partial charge in [0.15, 0.2) is 9.92 Å². The number of thiazole rings is 1. The summed E-state index contributed by atoms with van der Waals surface area (Å²) >= 11 is 6.60. The van der Waals surface area contributed by atoms with E-state index in [0.717, 1.165) is 11.3 Å². The van der Waals surface area contributed by atoms with Gasteiger partial charge in [0.05, 0.1) is 6.04 Å². The molecule has 0 bridgehead atoms. The minimum Gasteiger partial charge on any atom is -0.320 e. The van der Waals surface area contributed by atoms with E-state index >= 15 is 0 Å². The first-order valence-corrected chi connectivity index (χ1v) is 8.01. The summed E-state index contributed by atoms with van der Waals surface area (Å²) in [7, 11) is -3.35. The third-order valence-electron chi connectivity index (χ3n) is 1.97. The van der Waals surface area contributed by atoms with Gasteiger partial charge in [0.2, 0.25) is 4.34 Å². The minimum atomic E-state index is -3.35. The average molecular weight is 311 g/mol. The van der Waals surface area contributed by atoms with Crippen LogP contribution in [-0.2, 0) is 14.7 Å². The molecule has 0 spiro atoms. The van der Waals surface area contributed by atoms with E-state index in [1.165, 1.54) is 5.38 Å². The fraction of sp³-hybridized carbons (Fsp3) is 0.556. The van der Waals surface area contributed by atoms with Gasteiger partial charge < -0.3 is 5.73 Å². The van der Waals surface area contributed by atoms with E-state index in [2.05, 4.69) is 9.35 Å². The molecule has 0 saturated carbocycles. The van der Waals surface area contributed by atoms with Crippen molar-refractivity contribution in [1.29, 1.82) is 0 Å². The van der Waals surface area contributed by atoms with Crippen LogP contribution in [0.1, 0.15) is 20.3 Å². The molecule has 2 unspecified atom stereocenters. The van der Waals surface area contributed by atoms with Gasteiger partial charge in [0.25, 0.3) is 5.91 Å². The van der Waals surface area contributed by atoms with Crippen LogP contribution in [0.2, 0.25) is 5.15 Å². The second-order valence-electron chi connectivity index (χ2n) is 4.17. The number of halogens is 1. The summed E-state index contributed by atoms with van der Waals surface area (Å²) in [5.41, 5.74) is 5.64. The number of carbonyl (C=O) groups is 1. The molecule has 1 rings (SSSR count). The Morgan fingerprint density at radius 2 is 2.28 bits per heavy atom. The minimum absolute atomic E-state index is 0.0256. The van der Waals surface area contributed by atoms with Crippen LogP contribution in [0.4, 0.5) is 0 Å². The molecule has 6 nitrogen and oxygen atoms in total. The second kappa shape index (κ2) is 6.07. The largest absolute Gasteiger partial charge is 0.320 e. The third-order valence-corrected chi connectivity index (χ3v) is 4.98. The summed E-state index contributed by atoms with van der Waals surface area (Å²) in [6, 6.07) is -0.801. The van der Waals surface area contributed by atoms with Crippen LogP contribution in [0.3, 0.4) is 0 Å². The Morgan fingerprint density at radius 1 is 1.67 bits per heavy atom. The van der Waals surface area contributed by atoms with E-state index in [1.807, 2.05) is 13.8 Å². The van der Waals surface area contributed by atoms with Crippen molar-refractivity contribution in [3.8, 4) is 0 Å². The number of hydrogen-bond donors (Lipinski definition) is 2. The van der Waals surface area contributed by atoms with E-state index in [4.69, 9.17) is 22.5 Å². The smallest absolute Gasteiger partial charge is 0.272 e. The summed E-state index contributed by atoms with van der Waals surface area (Å²) in [6.07, 6.45) is 0.455. The van der Waals surface area contributed by atoms with Crippen LogP contribution in [0, 0.1) is 5.92 Å². The first-order chi connectivity index (χ1) is 8.22. The van der Waals surface area contributed by atoms with Gasteiger partial charge in [-0.3, -0.25) is 4.79 Å². The lowest BCUT2D eigenvalue weighted by Gasteiger charge is -2.10. The van der Waals surface area contributed by atoms with Gasteiger partial charge in [-0.15, -0.1) is 15.7 Å². The highest BCUT2D eigenvalue weighted by molar-refractivity contribution is 7.93. The molecule has 0 aliphatic carbocycles. The lowest BCUT2D eigenvalue weighted by Crippen LogP contribution is -2.32. The van der Waals surface area contributed by atoms with Gasteiger partial charge in [-0.1, -0.05) is 25.4 Å². The van der Waals surface area contributed by atoms with Crippen molar-refractivity contribution in [3.05, 3.63) is 10.5 Å². The molecular weight excluding hydrogens is 296 g/mol. The van der Waals surface area contributed by atoms with Gasteiger partial charge in [-0.25, -0.2) is 14.3 Å². The fourth-order valence-electron chi connectivity index (χ4n) is 1.22. The van der Waals surface area contributed by atoms with Gasteiger partial charge in [0, 0.05) is 5.38 Å². The molecule has 0 aliphatic heterocycles. The number of nitrogens with two attached hydrogens (primary N) is 2. The molecule has 9 heteroatoms. The Kier molecular flexibility index (Phi) is 5.23. The monoisotopic (exact) mass is 310 g/mol. The lowest BCUT2D eigenvalue weighted by atomic mass is 10.0. The number of amides is 1. The Bertz CT molecular complexity index is 549. The summed E-state index contributed by atoms with van der Waals surface area (Å²) in [4.78, 5) is 15.4. The van der Waals surface area contributed by atoms with Crippen LogP contribution < -0.4 is 10.9 Å². The van der Waals surface area contributed by atoms with E-state index < -0.39 is 21.9 Å². The van der Waals surface area contributed by atoms with Crippen LogP contribution >= 0.6 is 22.9 Å². The van der Waals surface area contributed by atoms with Crippen LogP contribution in [-0.4, -0.2) is 21.1 Å². The predicted molar refractivity (Wildman–Crippen MR) is 72.6 cm³/mol. The highest BCUT2D eigenvalue weighted by Gasteiger charge is 2.19. The van der Waals surface area contributed by atoms with Crippen molar-refractivity contribution < 1.29 is 9.00 Å². The molecule has 1 heterocycles. The van der Waals surface area contributed by atoms with Crippen molar-refractivity contribution in [2.45, 2.75) is 30.6 Å². The Labute approximate surface area is 115 Å². The van der Waals surface area contributed by atoms with Crippen LogP contribution in [0.5, 0.6) is 0 Å². The van der Waals surface area contributed by atoms with E-state index in [0.29, 0.717) is 6.42 Å². The molecule has 18 heavy (non-hydrogen) atoms. The maximum Gasteiger partial charge on any atom is 0.272 e. The van der Waals surface area contributed by atoms with Gasteiger partial charge in [0.1, 0.15) is 5.15 Å². The topological polar surface area (TPSA) is 111 Å². The lowest BCUT2D eigenvalue weighted by molar-refractivity contribution is -0.119. The molecule has 2 atom stereocenters. The van der Waals surface area contributed by atoms with Gasteiger partial charge >= 0.3 is 0 Å². The molecule has 0 aliphatic rings. The maximum atomic E-state index is 12.0. The molecule has 1 aromatic heterocycles. The number of hydrogen-bond acceptors (Lipinski definition) is 5. The Hall–Kier alpha value is -0.540. The van der Waals surface area contributed by atoms with Crippen molar-refractivity contribution in [2.75, 3.05) is 0 Å². The van der Waals surface area contributed by atoms with Crippen molar-refractivity contribution in [2.24, 2.45) is 21.2 Å². The number of aromatic nitrogens is 1. The summed E-state index contributed by atoms with van der Waals surface area (Å²) in [5, 5.41) is 7.13. The molecule has 102 valence electrons. The number of carbonyl (C=O) groups excluding carboxylic acids is 1. The quantitative estimate of drug-likeness (QED) is 0.875.